The van der Waals surface area contributed by atoms with Crippen LogP contribution < -0.4 is 5.32 Å². The lowest BCUT2D eigenvalue weighted by atomic mass is 9.70. The van der Waals surface area contributed by atoms with Crippen molar-refractivity contribution in [1.29, 1.82) is 0 Å². The predicted octanol–water partition coefficient (Wildman–Crippen LogP) is 5.36. The van der Waals surface area contributed by atoms with E-state index in [1.807, 2.05) is 0 Å². The normalized spacial score (nSPS) is 18.7. The van der Waals surface area contributed by atoms with Crippen molar-refractivity contribution in [3.8, 4) is 0 Å². The maximum absolute atomic E-state index is 14.1. The number of rotatable bonds is 4. The summed E-state index contributed by atoms with van der Waals surface area (Å²) in [5.41, 5.74) is 1.02. The summed E-state index contributed by atoms with van der Waals surface area (Å²) in [5, 5.41) is 4.26. The van der Waals surface area contributed by atoms with E-state index in [-0.39, 0.29) is 16.8 Å². The highest BCUT2D eigenvalue weighted by Crippen LogP contribution is 2.40. The van der Waals surface area contributed by atoms with Crippen molar-refractivity contribution >= 4 is 11.6 Å². The number of benzene rings is 1. The molecule has 1 aliphatic rings. The molecule has 3 heteroatoms. The highest BCUT2D eigenvalue weighted by atomic mass is 35.5. The van der Waals surface area contributed by atoms with Crippen molar-refractivity contribution in [3.05, 3.63) is 34.6 Å². The third-order valence-electron chi connectivity index (χ3n) is 4.48. The van der Waals surface area contributed by atoms with Gasteiger partial charge in [0, 0.05) is 17.1 Å². The maximum Gasteiger partial charge on any atom is 0.126 e. The second-order valence-electron chi connectivity index (χ2n) is 7.58. The molecule has 0 atom stereocenters. The molecule has 21 heavy (non-hydrogen) atoms. The lowest BCUT2D eigenvalue weighted by Gasteiger charge is -2.40. The molecule has 0 saturated heterocycles. The Bertz CT molecular complexity index is 473. The molecule has 1 nitrogen and oxygen atoms in total. The van der Waals surface area contributed by atoms with Crippen molar-refractivity contribution in [2.45, 2.75) is 64.8 Å². The molecular formula is C18H27ClFN. The van der Waals surface area contributed by atoms with E-state index in [0.29, 0.717) is 5.02 Å². The van der Waals surface area contributed by atoms with Gasteiger partial charge in [-0.05, 0) is 69.2 Å². The Morgan fingerprint density at radius 3 is 2.48 bits per heavy atom. The van der Waals surface area contributed by atoms with E-state index in [1.165, 1.54) is 38.2 Å². The van der Waals surface area contributed by atoms with E-state index in [1.54, 1.807) is 12.1 Å². The summed E-state index contributed by atoms with van der Waals surface area (Å²) >= 11 is 6.05. The van der Waals surface area contributed by atoms with Crippen LogP contribution in [0.15, 0.2) is 18.2 Å². The molecule has 0 heterocycles. The summed E-state index contributed by atoms with van der Waals surface area (Å²) in [5.74, 6) is -0.125. The molecule has 0 radical (unpaired) electrons. The van der Waals surface area contributed by atoms with E-state index < -0.39 is 0 Å². The van der Waals surface area contributed by atoms with Crippen molar-refractivity contribution < 1.29 is 4.39 Å². The fraction of sp³-hybridized carbons (Fsp3) is 0.667. The molecule has 1 N–H and O–H groups in total. The average Bonchev–Trinajstić information content (AvgIpc) is 2.41. The van der Waals surface area contributed by atoms with Gasteiger partial charge in [-0.15, -0.1) is 0 Å². The lowest BCUT2D eigenvalue weighted by molar-refractivity contribution is 0.164. The molecule has 1 saturated carbocycles. The molecule has 0 unspecified atom stereocenters. The van der Waals surface area contributed by atoms with E-state index in [9.17, 15) is 4.39 Å². The Labute approximate surface area is 133 Å². The Morgan fingerprint density at radius 2 is 1.86 bits per heavy atom. The zero-order valence-corrected chi connectivity index (χ0v) is 14.2. The second kappa shape index (κ2) is 6.66. The summed E-state index contributed by atoms with van der Waals surface area (Å²) in [7, 11) is 0. The van der Waals surface area contributed by atoms with Crippen LogP contribution >= 0.6 is 11.6 Å². The first-order valence-corrected chi connectivity index (χ1v) is 8.37. The summed E-state index contributed by atoms with van der Waals surface area (Å²) in [4.78, 5) is 0. The molecule has 0 aliphatic heterocycles. The highest BCUT2D eigenvalue weighted by Gasteiger charge is 2.33. The van der Waals surface area contributed by atoms with Gasteiger partial charge in [-0.25, -0.2) is 4.39 Å². The fourth-order valence-electron chi connectivity index (χ4n) is 3.25. The molecular weight excluding hydrogens is 285 g/mol. The topological polar surface area (TPSA) is 12.0 Å². The Kier molecular flexibility index (Phi) is 5.32. The SMILES string of the molecule is CC(C)(C)NCC1(Cc2cc(Cl)ccc2F)CCCCC1. The predicted molar refractivity (Wildman–Crippen MR) is 88.4 cm³/mol. The van der Waals surface area contributed by atoms with Crippen LogP contribution in [-0.2, 0) is 6.42 Å². The molecule has 1 fully saturated rings. The lowest BCUT2D eigenvalue weighted by Crippen LogP contribution is -2.45. The Hall–Kier alpha value is -0.600. The minimum Gasteiger partial charge on any atom is -0.312 e. The standard InChI is InChI=1S/C18H27ClFN/c1-17(2,3)21-13-18(9-5-4-6-10-18)12-14-11-15(19)7-8-16(14)20/h7-8,11,21H,4-6,9-10,12-13H2,1-3H3. The van der Waals surface area contributed by atoms with Gasteiger partial charge >= 0.3 is 0 Å². The van der Waals surface area contributed by atoms with Gasteiger partial charge in [0.05, 0.1) is 0 Å². The zero-order chi connectivity index (χ0) is 15.5. The summed E-state index contributed by atoms with van der Waals surface area (Å²) < 4.78 is 14.1. The van der Waals surface area contributed by atoms with Crippen LogP contribution in [0.2, 0.25) is 5.02 Å². The summed E-state index contributed by atoms with van der Waals surface area (Å²) in [6.07, 6.45) is 6.91. The van der Waals surface area contributed by atoms with E-state index in [0.717, 1.165) is 18.5 Å². The monoisotopic (exact) mass is 311 g/mol. The number of nitrogens with one attached hydrogen (secondary N) is 1. The first-order chi connectivity index (χ1) is 9.80. The maximum atomic E-state index is 14.1. The highest BCUT2D eigenvalue weighted by molar-refractivity contribution is 6.30. The van der Waals surface area contributed by atoms with Crippen molar-refractivity contribution in [2.75, 3.05) is 6.54 Å². The van der Waals surface area contributed by atoms with Gasteiger partial charge in [-0.3, -0.25) is 0 Å². The Balaban J connectivity index is 2.17. The molecule has 0 amide bonds. The fourth-order valence-corrected chi connectivity index (χ4v) is 3.45. The first kappa shape index (κ1) is 16.8. The van der Waals surface area contributed by atoms with Gasteiger partial charge in [0.1, 0.15) is 5.82 Å². The average molecular weight is 312 g/mol. The van der Waals surface area contributed by atoms with E-state index >= 15 is 0 Å². The van der Waals surface area contributed by atoms with Gasteiger partial charge in [0.25, 0.3) is 0 Å². The van der Waals surface area contributed by atoms with Gasteiger partial charge in [-0.2, -0.15) is 0 Å². The molecule has 2 rings (SSSR count). The molecule has 0 spiro atoms. The Morgan fingerprint density at radius 1 is 1.19 bits per heavy atom. The molecule has 118 valence electrons. The summed E-state index contributed by atoms with van der Waals surface area (Å²) in [6, 6.07) is 4.91. The molecule has 1 aromatic rings. The zero-order valence-electron chi connectivity index (χ0n) is 13.4. The van der Waals surface area contributed by atoms with E-state index in [2.05, 4.69) is 26.1 Å². The van der Waals surface area contributed by atoms with Crippen LogP contribution in [0.5, 0.6) is 0 Å². The van der Waals surface area contributed by atoms with Crippen LogP contribution in [0.1, 0.15) is 58.4 Å². The molecule has 0 bridgehead atoms. The third kappa shape index (κ3) is 4.96. The van der Waals surface area contributed by atoms with Crippen LogP contribution in [0.4, 0.5) is 4.39 Å². The minimum atomic E-state index is -0.125. The number of hydrogen-bond acceptors (Lipinski definition) is 1. The smallest absolute Gasteiger partial charge is 0.126 e. The van der Waals surface area contributed by atoms with Crippen LogP contribution in [0.25, 0.3) is 0 Å². The van der Waals surface area contributed by atoms with Crippen LogP contribution in [0.3, 0.4) is 0 Å². The number of hydrogen-bond donors (Lipinski definition) is 1. The summed E-state index contributed by atoms with van der Waals surface area (Å²) in [6.45, 7) is 7.50. The number of halogens is 2. The van der Waals surface area contributed by atoms with Crippen molar-refractivity contribution in [3.63, 3.8) is 0 Å². The molecule has 0 aromatic heterocycles. The van der Waals surface area contributed by atoms with Crippen LogP contribution in [0, 0.1) is 11.2 Å². The minimum absolute atomic E-state index is 0.0946. The molecule has 1 aromatic carbocycles. The largest absolute Gasteiger partial charge is 0.312 e. The van der Waals surface area contributed by atoms with Crippen LogP contribution in [-0.4, -0.2) is 12.1 Å². The van der Waals surface area contributed by atoms with Gasteiger partial charge in [-0.1, -0.05) is 30.9 Å². The first-order valence-electron chi connectivity index (χ1n) is 7.99. The van der Waals surface area contributed by atoms with Crippen molar-refractivity contribution in [2.24, 2.45) is 5.41 Å². The van der Waals surface area contributed by atoms with Crippen molar-refractivity contribution in [1.82, 2.24) is 5.32 Å². The van der Waals surface area contributed by atoms with Gasteiger partial charge in [0.2, 0.25) is 0 Å². The quantitative estimate of drug-likeness (QED) is 0.789. The molecule has 1 aliphatic carbocycles. The second-order valence-corrected chi connectivity index (χ2v) is 8.01. The van der Waals surface area contributed by atoms with Gasteiger partial charge < -0.3 is 5.32 Å². The van der Waals surface area contributed by atoms with Gasteiger partial charge in [0.15, 0.2) is 0 Å². The third-order valence-corrected chi connectivity index (χ3v) is 4.72. The van der Waals surface area contributed by atoms with E-state index in [4.69, 9.17) is 11.6 Å².